The molecule has 0 spiro atoms. The van der Waals surface area contributed by atoms with Gasteiger partial charge in [-0.05, 0) is 107 Å². The van der Waals surface area contributed by atoms with Crippen molar-refractivity contribution < 1.29 is 26.8 Å². The highest BCUT2D eigenvalue weighted by Crippen LogP contribution is 2.38. The van der Waals surface area contributed by atoms with Gasteiger partial charge in [-0.15, -0.1) is 0 Å². The van der Waals surface area contributed by atoms with Gasteiger partial charge in [-0.3, -0.25) is 5.32 Å². The van der Waals surface area contributed by atoms with Crippen LogP contribution in [0.3, 0.4) is 0 Å². The van der Waals surface area contributed by atoms with E-state index in [-0.39, 0.29) is 23.5 Å². The number of aryl methyl sites for hydroxylation is 2. The van der Waals surface area contributed by atoms with E-state index in [1.54, 1.807) is 31.4 Å². The molecule has 0 aromatic heterocycles. The molecule has 0 fully saturated rings. The molecule has 1 N–H and O–H groups in total. The number of ether oxygens (including phenoxy) is 3. The number of nitrogens with one attached hydrogen (secondary N) is 1. The number of rotatable bonds is 14. The molecule has 3 rings (SSSR count). The fourth-order valence-electron chi connectivity index (χ4n) is 4.95. The van der Waals surface area contributed by atoms with Crippen molar-refractivity contribution in [2.75, 3.05) is 20.3 Å². The normalized spacial score (nSPS) is 12.6. The molecule has 3 aromatic rings. The molecule has 0 heterocycles. The third-order valence-corrected chi connectivity index (χ3v) is 8.68. The maximum atomic E-state index is 13.3. The molecule has 0 bridgehead atoms. The average Bonchev–Trinajstić information content (AvgIpc) is 2.92. The highest BCUT2D eigenvalue weighted by Gasteiger charge is 2.24. The summed E-state index contributed by atoms with van der Waals surface area (Å²) >= 11 is 0. The second kappa shape index (κ2) is 14.4. The molecule has 3 aromatic carbocycles. The molecular formula is C34H47NO6S. The molecule has 7 nitrogen and oxygen atoms in total. The van der Waals surface area contributed by atoms with Crippen molar-refractivity contribution in [1.29, 1.82) is 0 Å². The van der Waals surface area contributed by atoms with E-state index in [4.69, 9.17) is 18.4 Å². The minimum atomic E-state index is -4.05. The van der Waals surface area contributed by atoms with Gasteiger partial charge in [0.15, 0.2) is 6.23 Å². The third kappa shape index (κ3) is 8.27. The second-order valence-corrected chi connectivity index (χ2v) is 13.0. The van der Waals surface area contributed by atoms with Crippen LogP contribution in [-0.2, 0) is 20.7 Å². The lowest BCUT2D eigenvalue weighted by Crippen LogP contribution is -2.40. The quantitative estimate of drug-likeness (QED) is 0.157. The summed E-state index contributed by atoms with van der Waals surface area (Å²) in [4.78, 5) is 0.0977. The van der Waals surface area contributed by atoms with Gasteiger partial charge in [0.05, 0.1) is 18.1 Å². The van der Waals surface area contributed by atoms with E-state index >= 15 is 0 Å². The Balaban J connectivity index is 1.88. The Morgan fingerprint density at radius 1 is 0.810 bits per heavy atom. The SMILES string of the molecule is COc1c(C)c(C)c(OC(C)C)c(C)c1CCNC(COc1cc(C)ccc1C(C)C)OS(=O)(=O)c1ccc(C)cc1. The summed E-state index contributed by atoms with van der Waals surface area (Å²) in [5.41, 5.74) is 7.16. The fraction of sp³-hybridized carbons (Fsp3) is 0.471. The van der Waals surface area contributed by atoms with Crippen molar-refractivity contribution in [3.05, 3.63) is 81.4 Å². The molecule has 42 heavy (non-hydrogen) atoms. The van der Waals surface area contributed by atoms with E-state index in [0.717, 1.165) is 56.2 Å². The van der Waals surface area contributed by atoms with Gasteiger partial charge in [-0.1, -0.05) is 43.7 Å². The largest absolute Gasteiger partial charge is 0.496 e. The number of methoxy groups -OCH3 is 1. The monoisotopic (exact) mass is 597 g/mol. The van der Waals surface area contributed by atoms with Crippen LogP contribution in [0.2, 0.25) is 0 Å². The zero-order valence-corrected chi connectivity index (χ0v) is 27.6. The molecule has 0 aliphatic heterocycles. The Morgan fingerprint density at radius 3 is 2.02 bits per heavy atom. The molecule has 1 unspecified atom stereocenters. The van der Waals surface area contributed by atoms with E-state index in [1.807, 2.05) is 66.7 Å². The first-order chi connectivity index (χ1) is 19.7. The number of benzene rings is 3. The predicted molar refractivity (Wildman–Crippen MR) is 169 cm³/mol. The molecule has 0 aliphatic carbocycles. The predicted octanol–water partition coefficient (Wildman–Crippen LogP) is 7.09. The summed E-state index contributed by atoms with van der Waals surface area (Å²) in [5.74, 6) is 2.63. The molecule has 0 aliphatic rings. The van der Waals surface area contributed by atoms with Gasteiger partial charge in [0.2, 0.25) is 0 Å². The van der Waals surface area contributed by atoms with Crippen LogP contribution in [0.15, 0.2) is 47.4 Å². The van der Waals surface area contributed by atoms with Gasteiger partial charge in [0.25, 0.3) is 10.1 Å². The Morgan fingerprint density at radius 2 is 1.43 bits per heavy atom. The summed E-state index contributed by atoms with van der Waals surface area (Å²) in [6.45, 7) is 18.6. The van der Waals surface area contributed by atoms with Crippen LogP contribution in [0.1, 0.15) is 72.6 Å². The second-order valence-electron chi connectivity index (χ2n) is 11.4. The Hall–Kier alpha value is -3.07. The molecule has 230 valence electrons. The smallest absolute Gasteiger partial charge is 0.298 e. The molecule has 0 saturated heterocycles. The first kappa shape index (κ1) is 33.4. The minimum absolute atomic E-state index is 0.000974. The van der Waals surface area contributed by atoms with Crippen LogP contribution in [-0.4, -0.2) is 41.0 Å². The van der Waals surface area contributed by atoms with Gasteiger partial charge in [0.1, 0.15) is 23.9 Å². The van der Waals surface area contributed by atoms with E-state index in [9.17, 15) is 8.42 Å². The van der Waals surface area contributed by atoms with Crippen molar-refractivity contribution in [1.82, 2.24) is 5.32 Å². The Labute approximate surface area is 252 Å². The van der Waals surface area contributed by atoms with Gasteiger partial charge in [-0.2, -0.15) is 8.42 Å². The van der Waals surface area contributed by atoms with Crippen LogP contribution < -0.4 is 19.5 Å². The lowest BCUT2D eigenvalue weighted by atomic mass is 9.95. The van der Waals surface area contributed by atoms with Crippen molar-refractivity contribution in [3.63, 3.8) is 0 Å². The molecular weight excluding hydrogens is 550 g/mol. The Kier molecular flexibility index (Phi) is 11.5. The van der Waals surface area contributed by atoms with E-state index < -0.39 is 16.3 Å². The minimum Gasteiger partial charge on any atom is -0.496 e. The molecule has 0 amide bonds. The van der Waals surface area contributed by atoms with Crippen molar-refractivity contribution in [2.45, 2.75) is 91.9 Å². The van der Waals surface area contributed by atoms with Crippen LogP contribution in [0.4, 0.5) is 0 Å². The molecule has 0 saturated carbocycles. The zero-order valence-electron chi connectivity index (χ0n) is 26.8. The summed E-state index contributed by atoms with van der Waals surface area (Å²) < 4.78 is 50.5. The van der Waals surface area contributed by atoms with Gasteiger partial charge < -0.3 is 14.2 Å². The lowest BCUT2D eigenvalue weighted by molar-refractivity contribution is 0.106. The first-order valence-electron chi connectivity index (χ1n) is 14.5. The number of hydrogen-bond donors (Lipinski definition) is 1. The maximum absolute atomic E-state index is 13.3. The lowest BCUT2D eigenvalue weighted by Gasteiger charge is -2.24. The van der Waals surface area contributed by atoms with Crippen LogP contribution in [0, 0.1) is 34.6 Å². The summed E-state index contributed by atoms with van der Waals surface area (Å²) in [7, 11) is -2.38. The summed E-state index contributed by atoms with van der Waals surface area (Å²) in [5, 5.41) is 3.29. The fourth-order valence-corrected chi connectivity index (χ4v) is 5.96. The van der Waals surface area contributed by atoms with Crippen molar-refractivity contribution in [2.24, 2.45) is 0 Å². The maximum Gasteiger partial charge on any atom is 0.298 e. The van der Waals surface area contributed by atoms with E-state index in [2.05, 4.69) is 19.2 Å². The average molecular weight is 598 g/mol. The summed E-state index contributed by atoms with van der Waals surface area (Å²) in [6, 6.07) is 12.7. The summed E-state index contributed by atoms with van der Waals surface area (Å²) in [6.07, 6.45) is -0.335. The highest BCUT2D eigenvalue weighted by molar-refractivity contribution is 7.86. The molecule has 1 atom stereocenters. The molecule has 0 radical (unpaired) electrons. The van der Waals surface area contributed by atoms with Crippen molar-refractivity contribution in [3.8, 4) is 17.2 Å². The van der Waals surface area contributed by atoms with Crippen LogP contribution in [0.5, 0.6) is 17.2 Å². The van der Waals surface area contributed by atoms with E-state index in [0.29, 0.717) is 13.0 Å². The highest BCUT2D eigenvalue weighted by atomic mass is 32.2. The topological polar surface area (TPSA) is 83.1 Å². The van der Waals surface area contributed by atoms with E-state index in [1.165, 1.54) is 0 Å². The van der Waals surface area contributed by atoms with Crippen LogP contribution in [0.25, 0.3) is 0 Å². The van der Waals surface area contributed by atoms with Crippen molar-refractivity contribution >= 4 is 10.1 Å². The zero-order chi connectivity index (χ0) is 31.2. The number of hydrogen-bond acceptors (Lipinski definition) is 7. The third-order valence-electron chi connectivity index (χ3n) is 7.35. The van der Waals surface area contributed by atoms with Crippen LogP contribution >= 0.6 is 0 Å². The van der Waals surface area contributed by atoms with Gasteiger partial charge >= 0.3 is 0 Å². The van der Waals surface area contributed by atoms with Gasteiger partial charge in [-0.25, -0.2) is 4.18 Å². The Bertz CT molecular complexity index is 1460. The van der Waals surface area contributed by atoms with Gasteiger partial charge in [0, 0.05) is 12.1 Å². The standard InChI is InChI=1S/C34H47NO6S/c1-21(2)29-16-13-24(6)19-31(29)39-20-32(41-42(36,37)28-14-11-23(5)12-15-28)35-18-17-30-27(9)33(40-22(3)4)25(7)26(8)34(30)38-10/h11-16,19,21-22,32,35H,17-18,20H2,1-10H3. The molecule has 8 heteroatoms. The first-order valence-corrected chi connectivity index (χ1v) is 16.0.